The quantitative estimate of drug-likeness (QED) is 0.701. The molecule has 2 nitrogen and oxygen atoms in total. The van der Waals surface area contributed by atoms with Gasteiger partial charge in [-0.1, -0.05) is 6.07 Å². The standard InChI is InChI=1S/C7H6F3NO/c8-4-2-1-3-5(11)6(4)12-7(9)10/h1-3,7H,11H2. The van der Waals surface area contributed by atoms with Gasteiger partial charge in [0.05, 0.1) is 5.69 Å². The van der Waals surface area contributed by atoms with Crippen LogP contribution in [0.5, 0.6) is 5.75 Å². The second-order valence-corrected chi connectivity index (χ2v) is 2.04. The van der Waals surface area contributed by atoms with Gasteiger partial charge in [-0.15, -0.1) is 0 Å². The van der Waals surface area contributed by atoms with Crippen LogP contribution in [-0.4, -0.2) is 6.61 Å². The van der Waals surface area contributed by atoms with Crippen molar-refractivity contribution in [1.29, 1.82) is 0 Å². The molecule has 0 spiro atoms. The average molecular weight is 177 g/mol. The molecule has 0 bridgehead atoms. The minimum atomic E-state index is -3.07. The monoisotopic (exact) mass is 177 g/mol. The lowest BCUT2D eigenvalue weighted by Gasteiger charge is -2.07. The first-order valence-electron chi connectivity index (χ1n) is 3.10. The van der Waals surface area contributed by atoms with Crippen LogP contribution in [0.15, 0.2) is 18.2 Å². The number of alkyl halides is 2. The van der Waals surface area contributed by atoms with Crippen molar-refractivity contribution in [1.82, 2.24) is 0 Å². The highest BCUT2D eigenvalue weighted by Crippen LogP contribution is 2.25. The highest BCUT2D eigenvalue weighted by atomic mass is 19.3. The van der Waals surface area contributed by atoms with Crippen LogP contribution in [-0.2, 0) is 0 Å². The van der Waals surface area contributed by atoms with Gasteiger partial charge in [0.1, 0.15) is 0 Å². The van der Waals surface area contributed by atoms with Gasteiger partial charge in [-0.05, 0) is 12.1 Å². The number of ether oxygens (including phenoxy) is 1. The summed E-state index contributed by atoms with van der Waals surface area (Å²) in [6.07, 6.45) is 0. The maximum atomic E-state index is 12.7. The second-order valence-electron chi connectivity index (χ2n) is 2.04. The van der Waals surface area contributed by atoms with E-state index in [1.54, 1.807) is 0 Å². The van der Waals surface area contributed by atoms with Crippen molar-refractivity contribution in [3.05, 3.63) is 24.0 Å². The summed E-state index contributed by atoms with van der Waals surface area (Å²) in [7, 11) is 0. The zero-order valence-corrected chi connectivity index (χ0v) is 5.93. The molecule has 0 atom stereocenters. The highest BCUT2D eigenvalue weighted by molar-refractivity contribution is 5.52. The summed E-state index contributed by atoms with van der Waals surface area (Å²) in [6, 6.07) is 3.58. The van der Waals surface area contributed by atoms with E-state index in [0.717, 1.165) is 6.07 Å². The fourth-order valence-electron chi connectivity index (χ4n) is 0.739. The van der Waals surface area contributed by atoms with Crippen LogP contribution in [0.3, 0.4) is 0 Å². The third-order valence-electron chi connectivity index (χ3n) is 1.20. The lowest BCUT2D eigenvalue weighted by molar-refractivity contribution is -0.0516. The molecule has 0 heterocycles. The zero-order valence-electron chi connectivity index (χ0n) is 5.93. The molecular weight excluding hydrogens is 171 g/mol. The van der Waals surface area contributed by atoms with Gasteiger partial charge in [-0.25, -0.2) is 4.39 Å². The van der Waals surface area contributed by atoms with Crippen molar-refractivity contribution in [3.8, 4) is 5.75 Å². The molecule has 0 aliphatic rings. The normalized spacial score (nSPS) is 10.3. The second kappa shape index (κ2) is 3.34. The summed E-state index contributed by atoms with van der Waals surface area (Å²) >= 11 is 0. The Balaban J connectivity index is 2.96. The van der Waals surface area contributed by atoms with E-state index in [2.05, 4.69) is 4.74 Å². The molecule has 0 saturated carbocycles. The molecule has 0 unspecified atom stereocenters. The SMILES string of the molecule is Nc1cccc(F)c1OC(F)F. The van der Waals surface area contributed by atoms with Crippen molar-refractivity contribution >= 4 is 5.69 Å². The molecule has 1 rings (SSSR count). The molecule has 0 aromatic heterocycles. The first kappa shape index (κ1) is 8.70. The van der Waals surface area contributed by atoms with Gasteiger partial charge in [0.15, 0.2) is 11.6 Å². The van der Waals surface area contributed by atoms with E-state index in [-0.39, 0.29) is 5.69 Å². The number of nitrogens with two attached hydrogens (primary N) is 1. The van der Waals surface area contributed by atoms with Gasteiger partial charge in [-0.2, -0.15) is 8.78 Å². The molecule has 0 aliphatic carbocycles. The van der Waals surface area contributed by atoms with Crippen LogP contribution in [0.4, 0.5) is 18.9 Å². The largest absolute Gasteiger partial charge is 0.429 e. The Labute approximate surface area is 66.7 Å². The summed E-state index contributed by atoms with van der Waals surface area (Å²) in [6.45, 7) is -3.07. The fourth-order valence-corrected chi connectivity index (χ4v) is 0.739. The first-order valence-corrected chi connectivity index (χ1v) is 3.10. The summed E-state index contributed by atoms with van der Waals surface area (Å²) in [5.74, 6) is -1.50. The predicted octanol–water partition coefficient (Wildman–Crippen LogP) is 2.01. The molecule has 0 fully saturated rings. The van der Waals surface area contributed by atoms with E-state index in [1.807, 2.05) is 0 Å². The van der Waals surface area contributed by atoms with Crippen LogP contribution in [0.2, 0.25) is 0 Å². The minimum absolute atomic E-state index is 0.143. The molecule has 66 valence electrons. The Bertz CT molecular complexity index is 257. The third-order valence-corrected chi connectivity index (χ3v) is 1.20. The molecule has 0 amide bonds. The van der Waals surface area contributed by atoms with Crippen molar-refractivity contribution in [2.75, 3.05) is 5.73 Å². The molecule has 12 heavy (non-hydrogen) atoms. The van der Waals surface area contributed by atoms with Crippen LogP contribution in [0, 0.1) is 5.82 Å². The number of halogens is 3. The van der Waals surface area contributed by atoms with Gasteiger partial charge in [0.25, 0.3) is 0 Å². The molecule has 2 N–H and O–H groups in total. The van der Waals surface area contributed by atoms with E-state index in [4.69, 9.17) is 5.73 Å². The summed E-state index contributed by atoms with van der Waals surface area (Å²) in [5.41, 5.74) is 5.03. The van der Waals surface area contributed by atoms with Crippen molar-refractivity contribution in [3.63, 3.8) is 0 Å². The van der Waals surface area contributed by atoms with Crippen LogP contribution < -0.4 is 10.5 Å². The smallest absolute Gasteiger partial charge is 0.387 e. The number of benzene rings is 1. The van der Waals surface area contributed by atoms with Gasteiger partial charge >= 0.3 is 6.61 Å². The van der Waals surface area contributed by atoms with Crippen LogP contribution >= 0.6 is 0 Å². The zero-order chi connectivity index (χ0) is 9.14. The Morgan fingerprint density at radius 2 is 2.00 bits per heavy atom. The minimum Gasteiger partial charge on any atom is -0.429 e. The number of hydrogen-bond donors (Lipinski definition) is 1. The number of para-hydroxylation sites is 1. The van der Waals surface area contributed by atoms with Gasteiger partial charge in [-0.3, -0.25) is 0 Å². The topological polar surface area (TPSA) is 35.2 Å². The fraction of sp³-hybridized carbons (Fsp3) is 0.143. The predicted molar refractivity (Wildman–Crippen MR) is 37.4 cm³/mol. The average Bonchev–Trinajstić information content (AvgIpc) is 1.97. The molecule has 0 radical (unpaired) electrons. The number of anilines is 1. The summed E-state index contributed by atoms with van der Waals surface area (Å²) in [4.78, 5) is 0. The molecule has 0 saturated heterocycles. The molecular formula is C7H6F3NO. The van der Waals surface area contributed by atoms with Crippen molar-refractivity contribution in [2.45, 2.75) is 6.61 Å². The Morgan fingerprint density at radius 3 is 2.50 bits per heavy atom. The lowest BCUT2D eigenvalue weighted by Crippen LogP contribution is -2.06. The number of nitrogen functional groups attached to an aromatic ring is 1. The van der Waals surface area contributed by atoms with E-state index < -0.39 is 18.2 Å². The third kappa shape index (κ3) is 1.81. The Kier molecular flexibility index (Phi) is 2.42. The summed E-state index contributed by atoms with van der Waals surface area (Å²) < 4.78 is 39.8. The van der Waals surface area contributed by atoms with Gasteiger partial charge in [0, 0.05) is 0 Å². The molecule has 1 aromatic rings. The highest BCUT2D eigenvalue weighted by Gasteiger charge is 2.11. The molecule has 0 aliphatic heterocycles. The van der Waals surface area contributed by atoms with Gasteiger partial charge < -0.3 is 10.5 Å². The van der Waals surface area contributed by atoms with Crippen LogP contribution in [0.1, 0.15) is 0 Å². The van der Waals surface area contributed by atoms with Crippen molar-refractivity contribution < 1.29 is 17.9 Å². The van der Waals surface area contributed by atoms with Gasteiger partial charge in [0.2, 0.25) is 0 Å². The maximum absolute atomic E-state index is 12.7. The Morgan fingerprint density at radius 1 is 1.33 bits per heavy atom. The maximum Gasteiger partial charge on any atom is 0.387 e. The van der Waals surface area contributed by atoms with Crippen LogP contribution in [0.25, 0.3) is 0 Å². The Hall–Kier alpha value is -1.39. The summed E-state index contributed by atoms with van der Waals surface area (Å²) in [5, 5.41) is 0. The van der Waals surface area contributed by atoms with E-state index in [9.17, 15) is 13.2 Å². The van der Waals surface area contributed by atoms with E-state index in [1.165, 1.54) is 12.1 Å². The lowest BCUT2D eigenvalue weighted by atomic mass is 10.3. The molecule has 5 heteroatoms. The van der Waals surface area contributed by atoms with E-state index >= 15 is 0 Å². The van der Waals surface area contributed by atoms with Crippen molar-refractivity contribution in [2.24, 2.45) is 0 Å². The van der Waals surface area contributed by atoms with E-state index in [0.29, 0.717) is 0 Å². The first-order chi connectivity index (χ1) is 5.61. The molecule has 1 aromatic carbocycles. The number of hydrogen-bond acceptors (Lipinski definition) is 2. The number of rotatable bonds is 2.